The van der Waals surface area contributed by atoms with Gasteiger partial charge in [-0.05, 0) is 26.2 Å². The molecule has 0 aromatic rings. The molecule has 2 atom stereocenters. The maximum atomic E-state index is 9.74. The molecule has 2 heterocycles. The van der Waals surface area contributed by atoms with Gasteiger partial charge in [-0.3, -0.25) is 4.99 Å². The highest BCUT2D eigenvalue weighted by Crippen LogP contribution is 2.23. The number of aliphatic hydroxyl groups is 1. The van der Waals surface area contributed by atoms with E-state index in [1.165, 1.54) is 18.7 Å². The molecule has 2 unspecified atom stereocenters. The molecule has 0 bridgehead atoms. The highest BCUT2D eigenvalue weighted by Gasteiger charge is 2.28. The van der Waals surface area contributed by atoms with Crippen molar-refractivity contribution in [2.24, 2.45) is 4.99 Å². The molecule has 0 spiro atoms. The molecule has 2 aliphatic rings. The monoisotopic (exact) mass is 276 g/mol. The van der Waals surface area contributed by atoms with Crippen molar-refractivity contribution in [1.82, 2.24) is 4.90 Å². The molecule has 0 aromatic heterocycles. The van der Waals surface area contributed by atoms with E-state index in [1.807, 2.05) is 6.92 Å². The van der Waals surface area contributed by atoms with Crippen molar-refractivity contribution in [3.8, 4) is 0 Å². The van der Waals surface area contributed by atoms with Gasteiger partial charge in [-0.1, -0.05) is 6.42 Å². The molecule has 4 heteroatoms. The van der Waals surface area contributed by atoms with Crippen molar-refractivity contribution in [2.45, 2.75) is 51.2 Å². The molecule has 0 saturated carbocycles. The van der Waals surface area contributed by atoms with Crippen molar-refractivity contribution in [3.05, 3.63) is 0 Å². The average molecular weight is 277 g/mol. The first kappa shape index (κ1) is 13.0. The maximum absolute atomic E-state index is 9.74. The van der Waals surface area contributed by atoms with Crippen LogP contribution in [0.4, 0.5) is 0 Å². The third-order valence-electron chi connectivity index (χ3n) is 3.29. The molecule has 3 nitrogen and oxygen atoms in total. The first-order valence-corrected chi connectivity index (χ1v) is 5.77. The van der Waals surface area contributed by atoms with Gasteiger partial charge in [-0.25, -0.2) is 0 Å². The summed E-state index contributed by atoms with van der Waals surface area (Å²) in [6.45, 7) is 3.98. The van der Waals surface area contributed by atoms with Crippen LogP contribution in [0, 0.1) is 0 Å². The van der Waals surface area contributed by atoms with E-state index in [0.717, 1.165) is 32.4 Å². The van der Waals surface area contributed by atoms with Gasteiger partial charge in [0.2, 0.25) is 0 Å². The van der Waals surface area contributed by atoms with Crippen LogP contribution in [-0.4, -0.2) is 41.1 Å². The summed E-state index contributed by atoms with van der Waals surface area (Å²) < 4.78 is 0. The number of hydrogen-bond acceptors (Lipinski definition) is 3. The number of fused-ring (bicyclic) bond motifs is 1. The molecule has 15 heavy (non-hydrogen) atoms. The number of aliphatic hydroxyl groups excluding tert-OH is 1. The van der Waals surface area contributed by atoms with E-state index in [2.05, 4.69) is 9.89 Å². The second kappa shape index (κ2) is 5.85. The van der Waals surface area contributed by atoms with E-state index >= 15 is 0 Å². The Labute approximate surface area is 102 Å². The minimum atomic E-state index is -0.226. The normalized spacial score (nSPS) is 28.3. The maximum Gasteiger partial charge on any atom is 0.0992 e. The van der Waals surface area contributed by atoms with Crippen LogP contribution in [0.25, 0.3) is 0 Å². The topological polar surface area (TPSA) is 35.8 Å². The van der Waals surface area contributed by atoms with E-state index < -0.39 is 0 Å². The van der Waals surface area contributed by atoms with Crippen LogP contribution in [-0.2, 0) is 0 Å². The third-order valence-corrected chi connectivity index (χ3v) is 3.29. The largest absolute Gasteiger partial charge is 0.391 e. The second-order valence-corrected chi connectivity index (χ2v) is 4.40. The van der Waals surface area contributed by atoms with E-state index in [9.17, 15) is 5.11 Å². The summed E-state index contributed by atoms with van der Waals surface area (Å²) in [5.41, 5.74) is 0. The molecule has 1 N–H and O–H groups in total. The molecule has 0 radical (unpaired) electrons. The average Bonchev–Trinajstić information content (AvgIpc) is 2.39. The highest BCUT2D eigenvalue weighted by atomic mass is 79.9. The third kappa shape index (κ3) is 2.94. The lowest BCUT2D eigenvalue weighted by molar-refractivity contribution is 0.0920. The second-order valence-electron chi connectivity index (χ2n) is 4.40. The van der Waals surface area contributed by atoms with Gasteiger partial charge in [-0.2, -0.15) is 0 Å². The molecule has 2 aliphatic heterocycles. The molecule has 0 aromatic carbocycles. The number of rotatable bonds is 1. The Balaban J connectivity index is 0.00000112. The van der Waals surface area contributed by atoms with Crippen LogP contribution in [0.3, 0.4) is 0 Å². The fourth-order valence-electron chi connectivity index (χ4n) is 2.54. The Morgan fingerprint density at radius 3 is 2.93 bits per heavy atom. The van der Waals surface area contributed by atoms with Crippen molar-refractivity contribution in [2.75, 3.05) is 13.1 Å². The van der Waals surface area contributed by atoms with E-state index in [4.69, 9.17) is 0 Å². The lowest BCUT2D eigenvalue weighted by Gasteiger charge is -2.36. The van der Waals surface area contributed by atoms with E-state index in [1.54, 1.807) is 0 Å². The van der Waals surface area contributed by atoms with Crippen molar-refractivity contribution in [3.63, 3.8) is 0 Å². The van der Waals surface area contributed by atoms with Crippen LogP contribution in [0.2, 0.25) is 0 Å². The van der Waals surface area contributed by atoms with Crippen LogP contribution < -0.4 is 0 Å². The zero-order valence-electron chi connectivity index (χ0n) is 9.35. The summed E-state index contributed by atoms with van der Waals surface area (Å²) in [5.74, 6) is 1.25. The summed E-state index contributed by atoms with van der Waals surface area (Å²) in [5, 5.41) is 9.74. The van der Waals surface area contributed by atoms with Gasteiger partial charge >= 0.3 is 0 Å². The first-order chi connectivity index (χ1) is 6.79. The number of aliphatic imine (C=N–C) groups is 1. The minimum absolute atomic E-state index is 0. The molecule has 0 aliphatic carbocycles. The van der Waals surface area contributed by atoms with Gasteiger partial charge in [0.05, 0.1) is 18.0 Å². The smallest absolute Gasteiger partial charge is 0.0992 e. The van der Waals surface area contributed by atoms with Crippen molar-refractivity contribution < 1.29 is 5.11 Å². The quantitative estimate of drug-likeness (QED) is 0.795. The van der Waals surface area contributed by atoms with Crippen LogP contribution >= 0.6 is 17.0 Å². The Morgan fingerprint density at radius 1 is 1.40 bits per heavy atom. The van der Waals surface area contributed by atoms with Gasteiger partial charge in [0, 0.05) is 19.5 Å². The molecule has 1 saturated heterocycles. The Morgan fingerprint density at radius 2 is 2.20 bits per heavy atom. The van der Waals surface area contributed by atoms with E-state index in [-0.39, 0.29) is 23.1 Å². The first-order valence-electron chi connectivity index (χ1n) is 5.77. The predicted octanol–water partition coefficient (Wildman–Crippen LogP) is 1.99. The fourth-order valence-corrected chi connectivity index (χ4v) is 2.54. The van der Waals surface area contributed by atoms with Crippen LogP contribution in [0.15, 0.2) is 4.99 Å². The molecule has 1 fully saturated rings. The lowest BCUT2D eigenvalue weighted by atomic mass is 10.0. The molecule has 2 rings (SSSR count). The van der Waals surface area contributed by atoms with Gasteiger partial charge in [-0.15, -0.1) is 17.0 Å². The standard InChI is InChI=1S/C11H20N2O.BrH/c1-9(14)10-5-2-3-6-11-12-7-4-8-13(10)11;/h9-10,14H,2-8H2,1H3;1H. The Bertz CT molecular complexity index is 231. The summed E-state index contributed by atoms with van der Waals surface area (Å²) >= 11 is 0. The number of nitrogens with zero attached hydrogens (tertiary/aromatic N) is 2. The Hall–Kier alpha value is -0.0900. The number of hydrogen-bond donors (Lipinski definition) is 1. The SMILES string of the molecule is Br.CC(O)C1CCCCC2=NCCCN21. The molecular formula is C11H21BrN2O. The van der Waals surface area contributed by atoms with Gasteiger partial charge in [0.25, 0.3) is 0 Å². The summed E-state index contributed by atoms with van der Waals surface area (Å²) in [7, 11) is 0. The minimum Gasteiger partial charge on any atom is -0.391 e. The van der Waals surface area contributed by atoms with Crippen LogP contribution in [0.1, 0.15) is 39.0 Å². The Kier molecular flexibility index (Phi) is 5.06. The predicted molar refractivity (Wildman–Crippen MR) is 67.9 cm³/mol. The van der Waals surface area contributed by atoms with Gasteiger partial charge < -0.3 is 10.0 Å². The number of amidine groups is 1. The summed E-state index contributed by atoms with van der Waals surface area (Å²) in [4.78, 5) is 6.92. The molecular weight excluding hydrogens is 256 g/mol. The molecule has 0 amide bonds. The van der Waals surface area contributed by atoms with Crippen LogP contribution in [0.5, 0.6) is 0 Å². The summed E-state index contributed by atoms with van der Waals surface area (Å²) in [6.07, 6.45) is 5.62. The zero-order chi connectivity index (χ0) is 9.97. The summed E-state index contributed by atoms with van der Waals surface area (Å²) in [6, 6.07) is 0.316. The van der Waals surface area contributed by atoms with Crippen molar-refractivity contribution in [1.29, 1.82) is 0 Å². The zero-order valence-corrected chi connectivity index (χ0v) is 11.1. The highest BCUT2D eigenvalue weighted by molar-refractivity contribution is 8.93. The van der Waals surface area contributed by atoms with Crippen molar-refractivity contribution >= 4 is 22.8 Å². The fraction of sp³-hybridized carbons (Fsp3) is 0.909. The number of halogens is 1. The van der Waals surface area contributed by atoms with E-state index in [0.29, 0.717) is 6.04 Å². The van der Waals surface area contributed by atoms with Gasteiger partial charge in [0.1, 0.15) is 0 Å². The van der Waals surface area contributed by atoms with Gasteiger partial charge in [0.15, 0.2) is 0 Å². The molecule has 88 valence electrons. The lowest BCUT2D eigenvalue weighted by Crippen LogP contribution is -2.47.